The molecule has 0 spiro atoms. The lowest BCUT2D eigenvalue weighted by atomic mass is 9.70. The van der Waals surface area contributed by atoms with Crippen molar-refractivity contribution in [3.63, 3.8) is 0 Å². The molecule has 0 atom stereocenters. The van der Waals surface area contributed by atoms with Crippen molar-refractivity contribution in [3.05, 3.63) is 28.5 Å². The fourth-order valence-electron chi connectivity index (χ4n) is 1.89. The number of hydrogen-bond acceptors (Lipinski definition) is 2. The molecular weight excluding hydrogens is 268 g/mol. The molecule has 0 radical (unpaired) electrons. The summed E-state index contributed by atoms with van der Waals surface area (Å²) in [4.78, 5) is 15.8. The summed E-state index contributed by atoms with van der Waals surface area (Å²) in [5, 5.41) is 2.97. The van der Waals surface area contributed by atoms with Crippen molar-refractivity contribution in [1.29, 1.82) is 0 Å². The van der Waals surface area contributed by atoms with Gasteiger partial charge in [0, 0.05) is 23.4 Å². The van der Waals surface area contributed by atoms with Crippen LogP contribution >= 0.6 is 15.9 Å². The van der Waals surface area contributed by atoms with Gasteiger partial charge in [-0.15, -0.1) is 0 Å². The molecule has 16 heavy (non-hydrogen) atoms. The highest BCUT2D eigenvalue weighted by molar-refractivity contribution is 9.10. The number of nitrogens with one attached hydrogen (secondary N) is 1. The van der Waals surface area contributed by atoms with Crippen molar-refractivity contribution in [2.45, 2.75) is 26.2 Å². The van der Waals surface area contributed by atoms with Gasteiger partial charge in [-0.25, -0.2) is 0 Å². The number of amides is 1. The summed E-state index contributed by atoms with van der Waals surface area (Å²) >= 11 is 3.30. The second-order valence-electron chi connectivity index (χ2n) is 4.74. The first-order valence-corrected chi connectivity index (χ1v) is 6.27. The Morgan fingerprint density at radius 1 is 1.56 bits per heavy atom. The molecule has 1 saturated carbocycles. The van der Waals surface area contributed by atoms with Crippen LogP contribution in [0.3, 0.4) is 0 Å². The molecule has 0 aromatic carbocycles. The molecule has 1 aliphatic carbocycles. The van der Waals surface area contributed by atoms with Gasteiger partial charge in [0.25, 0.3) is 5.91 Å². The van der Waals surface area contributed by atoms with Gasteiger partial charge in [-0.05, 0) is 40.3 Å². The molecule has 1 fully saturated rings. The second kappa shape index (κ2) is 4.53. The first-order chi connectivity index (χ1) is 7.59. The summed E-state index contributed by atoms with van der Waals surface area (Å²) in [6, 6.07) is 1.78. The van der Waals surface area contributed by atoms with Crippen molar-refractivity contribution in [2.24, 2.45) is 5.41 Å². The molecule has 1 heterocycles. The molecule has 0 saturated heterocycles. The van der Waals surface area contributed by atoms with Gasteiger partial charge in [-0.1, -0.05) is 13.3 Å². The van der Waals surface area contributed by atoms with Crippen LogP contribution in [0.25, 0.3) is 0 Å². The summed E-state index contributed by atoms with van der Waals surface area (Å²) in [6.45, 7) is 2.98. The average molecular weight is 283 g/mol. The van der Waals surface area contributed by atoms with Gasteiger partial charge >= 0.3 is 0 Å². The van der Waals surface area contributed by atoms with Gasteiger partial charge < -0.3 is 5.32 Å². The molecule has 0 bridgehead atoms. The van der Waals surface area contributed by atoms with Crippen LogP contribution < -0.4 is 5.32 Å². The number of nitrogens with zero attached hydrogens (tertiary/aromatic N) is 1. The lowest BCUT2D eigenvalue weighted by Crippen LogP contribution is -2.39. The number of pyridine rings is 1. The van der Waals surface area contributed by atoms with Gasteiger partial charge in [0.2, 0.25) is 0 Å². The predicted octanol–water partition coefficient (Wildman–Crippen LogP) is 2.76. The number of halogens is 1. The predicted molar refractivity (Wildman–Crippen MR) is 66.2 cm³/mol. The van der Waals surface area contributed by atoms with E-state index in [4.69, 9.17) is 0 Å². The van der Waals surface area contributed by atoms with E-state index in [1.165, 1.54) is 19.3 Å². The van der Waals surface area contributed by atoms with E-state index in [1.807, 2.05) is 0 Å². The van der Waals surface area contributed by atoms with Crippen LogP contribution in [0, 0.1) is 5.41 Å². The standard InChI is InChI=1S/C12H15BrN2O/c1-12(3-2-4-12)8-15-11(16)9-5-10(13)7-14-6-9/h5-7H,2-4,8H2,1H3,(H,15,16). The topological polar surface area (TPSA) is 42.0 Å². The number of carbonyl (C=O) groups excluding carboxylic acids is 1. The molecule has 1 N–H and O–H groups in total. The van der Waals surface area contributed by atoms with Crippen LogP contribution in [0.5, 0.6) is 0 Å². The SMILES string of the molecule is CC1(CNC(=O)c2cncc(Br)c2)CCC1. The minimum atomic E-state index is -0.0399. The fraction of sp³-hybridized carbons (Fsp3) is 0.500. The smallest absolute Gasteiger partial charge is 0.252 e. The highest BCUT2D eigenvalue weighted by atomic mass is 79.9. The maximum atomic E-state index is 11.8. The van der Waals surface area contributed by atoms with Crippen LogP contribution in [0.1, 0.15) is 36.5 Å². The van der Waals surface area contributed by atoms with E-state index in [1.54, 1.807) is 18.5 Å². The molecule has 1 aromatic heterocycles. The van der Waals surface area contributed by atoms with Crippen molar-refractivity contribution >= 4 is 21.8 Å². The zero-order chi connectivity index (χ0) is 11.6. The molecule has 0 aliphatic heterocycles. The molecule has 1 aromatic rings. The Kier molecular flexibility index (Phi) is 3.28. The average Bonchev–Trinajstić information content (AvgIpc) is 2.23. The Morgan fingerprint density at radius 3 is 2.88 bits per heavy atom. The van der Waals surface area contributed by atoms with E-state index in [2.05, 4.69) is 33.2 Å². The summed E-state index contributed by atoms with van der Waals surface area (Å²) < 4.78 is 0.829. The summed E-state index contributed by atoms with van der Waals surface area (Å²) in [5.74, 6) is -0.0399. The lowest BCUT2D eigenvalue weighted by Gasteiger charge is -2.38. The highest BCUT2D eigenvalue weighted by Crippen LogP contribution is 2.39. The lowest BCUT2D eigenvalue weighted by molar-refractivity contribution is 0.0890. The first-order valence-electron chi connectivity index (χ1n) is 5.48. The van der Waals surface area contributed by atoms with Gasteiger partial charge in [-0.2, -0.15) is 0 Å². The number of rotatable bonds is 3. The Balaban J connectivity index is 1.93. The number of aromatic nitrogens is 1. The third kappa shape index (κ3) is 2.61. The third-order valence-corrected chi connectivity index (χ3v) is 3.64. The van der Waals surface area contributed by atoms with Gasteiger partial charge in [-0.3, -0.25) is 9.78 Å². The zero-order valence-corrected chi connectivity index (χ0v) is 10.9. The molecule has 2 rings (SSSR count). The molecule has 1 aliphatic rings. The quantitative estimate of drug-likeness (QED) is 0.926. The third-order valence-electron chi connectivity index (χ3n) is 3.20. The van der Waals surface area contributed by atoms with Crippen molar-refractivity contribution in [3.8, 4) is 0 Å². The van der Waals surface area contributed by atoms with Crippen molar-refractivity contribution < 1.29 is 4.79 Å². The van der Waals surface area contributed by atoms with E-state index in [0.29, 0.717) is 11.0 Å². The second-order valence-corrected chi connectivity index (χ2v) is 5.65. The summed E-state index contributed by atoms with van der Waals surface area (Å²) in [5.41, 5.74) is 0.923. The maximum Gasteiger partial charge on any atom is 0.252 e. The number of carbonyl (C=O) groups is 1. The van der Waals surface area contributed by atoms with Gasteiger partial charge in [0.05, 0.1) is 5.56 Å². The van der Waals surface area contributed by atoms with E-state index >= 15 is 0 Å². The Bertz CT molecular complexity index is 402. The van der Waals surface area contributed by atoms with Crippen LogP contribution in [0.2, 0.25) is 0 Å². The number of hydrogen-bond donors (Lipinski definition) is 1. The Hall–Kier alpha value is -0.900. The van der Waals surface area contributed by atoms with Gasteiger partial charge in [0.15, 0.2) is 0 Å². The molecule has 1 amide bonds. The largest absolute Gasteiger partial charge is 0.351 e. The Morgan fingerprint density at radius 2 is 2.31 bits per heavy atom. The van der Waals surface area contributed by atoms with E-state index in [0.717, 1.165) is 11.0 Å². The van der Waals surface area contributed by atoms with E-state index < -0.39 is 0 Å². The molecule has 86 valence electrons. The summed E-state index contributed by atoms with van der Waals surface area (Å²) in [6.07, 6.45) is 6.96. The maximum absolute atomic E-state index is 11.8. The normalized spacial score (nSPS) is 17.6. The van der Waals surface area contributed by atoms with Crippen LogP contribution in [-0.2, 0) is 0 Å². The van der Waals surface area contributed by atoms with Gasteiger partial charge in [0.1, 0.15) is 0 Å². The van der Waals surface area contributed by atoms with Crippen LogP contribution in [-0.4, -0.2) is 17.4 Å². The van der Waals surface area contributed by atoms with Crippen molar-refractivity contribution in [2.75, 3.05) is 6.54 Å². The van der Waals surface area contributed by atoms with Crippen LogP contribution in [0.15, 0.2) is 22.9 Å². The molecule has 4 heteroatoms. The van der Waals surface area contributed by atoms with Crippen LogP contribution in [0.4, 0.5) is 0 Å². The minimum absolute atomic E-state index is 0.0399. The monoisotopic (exact) mass is 282 g/mol. The highest BCUT2D eigenvalue weighted by Gasteiger charge is 2.31. The zero-order valence-electron chi connectivity index (χ0n) is 9.29. The molecule has 0 unspecified atom stereocenters. The Labute approximate surface area is 104 Å². The fourth-order valence-corrected chi connectivity index (χ4v) is 2.25. The molecular formula is C12H15BrN2O. The van der Waals surface area contributed by atoms with E-state index in [-0.39, 0.29) is 5.91 Å². The summed E-state index contributed by atoms with van der Waals surface area (Å²) in [7, 11) is 0. The van der Waals surface area contributed by atoms with Crippen molar-refractivity contribution in [1.82, 2.24) is 10.3 Å². The molecule has 3 nitrogen and oxygen atoms in total. The minimum Gasteiger partial charge on any atom is -0.351 e. The van der Waals surface area contributed by atoms with E-state index in [9.17, 15) is 4.79 Å². The first kappa shape index (κ1) is 11.6.